The zero-order chi connectivity index (χ0) is 12.3. The summed E-state index contributed by atoms with van der Waals surface area (Å²) in [6, 6.07) is 1.77. The molecule has 2 rings (SSSR count). The van der Waals surface area contributed by atoms with Crippen LogP contribution < -0.4 is 5.73 Å². The van der Waals surface area contributed by atoms with Gasteiger partial charge in [0.15, 0.2) is 0 Å². The fourth-order valence-electron chi connectivity index (χ4n) is 1.76. The second-order valence-corrected chi connectivity index (χ2v) is 4.79. The smallest absolute Gasteiger partial charge is 0.255 e. The molecule has 108 valence electrons. The standard InChI is InChI=1S/C11H14BrN3O2.2ClH/c12-9-3-8(5-14-6-9)11(16)15-1-2-17-10(4-13)7-15;;/h3,5-6,10H,1-2,4,7,13H2;2*1H. The third kappa shape index (κ3) is 4.89. The number of nitrogens with zero attached hydrogens (tertiary/aromatic N) is 2. The number of hydrogen-bond acceptors (Lipinski definition) is 4. The molecule has 1 atom stereocenters. The number of aromatic nitrogens is 1. The molecule has 0 aromatic carbocycles. The van der Waals surface area contributed by atoms with Crippen LogP contribution in [0.3, 0.4) is 0 Å². The number of ether oxygens (including phenoxy) is 1. The first-order valence-electron chi connectivity index (χ1n) is 5.42. The maximum absolute atomic E-state index is 12.2. The van der Waals surface area contributed by atoms with E-state index < -0.39 is 0 Å². The molecule has 0 saturated carbocycles. The van der Waals surface area contributed by atoms with Gasteiger partial charge in [-0.25, -0.2) is 0 Å². The van der Waals surface area contributed by atoms with E-state index in [4.69, 9.17) is 10.5 Å². The van der Waals surface area contributed by atoms with Crippen LogP contribution in [0.2, 0.25) is 0 Å². The third-order valence-electron chi connectivity index (χ3n) is 2.64. The fourth-order valence-corrected chi connectivity index (χ4v) is 2.12. The van der Waals surface area contributed by atoms with Crippen LogP contribution in [0.4, 0.5) is 0 Å². The number of hydrogen-bond donors (Lipinski definition) is 1. The normalized spacial score (nSPS) is 18.2. The lowest BCUT2D eigenvalue weighted by Crippen LogP contribution is -2.48. The molecule has 2 N–H and O–H groups in total. The molecule has 1 amide bonds. The van der Waals surface area contributed by atoms with E-state index in [9.17, 15) is 4.79 Å². The Morgan fingerprint density at radius 2 is 2.26 bits per heavy atom. The van der Waals surface area contributed by atoms with Crippen molar-refractivity contribution in [2.45, 2.75) is 6.10 Å². The minimum absolute atomic E-state index is 0. The molecule has 0 aliphatic carbocycles. The van der Waals surface area contributed by atoms with Crippen LogP contribution in [0, 0.1) is 0 Å². The Kier molecular flexibility index (Phi) is 8.52. The van der Waals surface area contributed by atoms with Crippen molar-refractivity contribution >= 4 is 46.7 Å². The van der Waals surface area contributed by atoms with E-state index in [-0.39, 0.29) is 36.8 Å². The summed E-state index contributed by atoms with van der Waals surface area (Å²) in [6.45, 7) is 2.11. The van der Waals surface area contributed by atoms with Gasteiger partial charge >= 0.3 is 0 Å². The second-order valence-electron chi connectivity index (χ2n) is 3.87. The molecule has 0 bridgehead atoms. The molecule has 2 heterocycles. The average molecular weight is 373 g/mol. The van der Waals surface area contributed by atoms with E-state index >= 15 is 0 Å². The first-order valence-corrected chi connectivity index (χ1v) is 6.21. The molecule has 1 aromatic heterocycles. The molecule has 1 aliphatic heterocycles. The molecule has 1 unspecified atom stereocenters. The predicted octanol–water partition coefficient (Wildman–Crippen LogP) is 1.49. The summed E-state index contributed by atoms with van der Waals surface area (Å²) < 4.78 is 6.22. The number of carbonyl (C=O) groups is 1. The number of nitrogens with two attached hydrogens (primary N) is 1. The molecule has 1 fully saturated rings. The van der Waals surface area contributed by atoms with Gasteiger partial charge < -0.3 is 15.4 Å². The van der Waals surface area contributed by atoms with Gasteiger partial charge in [0.1, 0.15) is 0 Å². The number of halogens is 3. The lowest BCUT2D eigenvalue weighted by molar-refractivity contribution is -0.0167. The fraction of sp³-hybridized carbons (Fsp3) is 0.455. The zero-order valence-corrected chi connectivity index (χ0v) is 13.3. The number of carbonyl (C=O) groups excluding carboxylic acids is 1. The lowest BCUT2D eigenvalue weighted by Gasteiger charge is -2.32. The molecule has 8 heteroatoms. The Morgan fingerprint density at radius 3 is 2.89 bits per heavy atom. The van der Waals surface area contributed by atoms with Crippen LogP contribution in [0.5, 0.6) is 0 Å². The number of amides is 1. The molecule has 1 aromatic rings. The van der Waals surface area contributed by atoms with E-state index in [2.05, 4.69) is 20.9 Å². The highest BCUT2D eigenvalue weighted by Gasteiger charge is 2.24. The summed E-state index contributed by atoms with van der Waals surface area (Å²) in [7, 11) is 0. The quantitative estimate of drug-likeness (QED) is 0.853. The highest BCUT2D eigenvalue weighted by Crippen LogP contribution is 2.13. The van der Waals surface area contributed by atoms with Gasteiger partial charge in [-0.3, -0.25) is 9.78 Å². The van der Waals surface area contributed by atoms with Gasteiger partial charge in [0.2, 0.25) is 0 Å². The van der Waals surface area contributed by atoms with Crippen molar-refractivity contribution in [2.75, 3.05) is 26.2 Å². The van der Waals surface area contributed by atoms with Crippen molar-refractivity contribution in [2.24, 2.45) is 5.73 Å². The minimum Gasteiger partial charge on any atom is -0.373 e. The summed E-state index contributed by atoms with van der Waals surface area (Å²) in [4.78, 5) is 17.9. The Bertz CT molecular complexity index is 423. The van der Waals surface area contributed by atoms with E-state index in [0.717, 1.165) is 4.47 Å². The van der Waals surface area contributed by atoms with E-state index in [1.54, 1.807) is 23.4 Å². The summed E-state index contributed by atoms with van der Waals surface area (Å²) in [5.41, 5.74) is 6.13. The van der Waals surface area contributed by atoms with Crippen LogP contribution in [0.15, 0.2) is 22.9 Å². The maximum Gasteiger partial charge on any atom is 0.255 e. The van der Waals surface area contributed by atoms with Crippen LogP contribution in [-0.4, -0.2) is 48.1 Å². The highest BCUT2D eigenvalue weighted by molar-refractivity contribution is 9.10. The Labute approximate surface area is 132 Å². The molecule has 0 spiro atoms. The molecule has 0 radical (unpaired) electrons. The second kappa shape index (κ2) is 8.71. The van der Waals surface area contributed by atoms with Crippen LogP contribution in [0.25, 0.3) is 0 Å². The Morgan fingerprint density at radius 1 is 1.53 bits per heavy atom. The monoisotopic (exact) mass is 371 g/mol. The molecule has 1 saturated heterocycles. The van der Waals surface area contributed by atoms with Crippen molar-refractivity contribution in [3.8, 4) is 0 Å². The molecule has 5 nitrogen and oxygen atoms in total. The molecule has 1 aliphatic rings. The first-order chi connectivity index (χ1) is 8.20. The van der Waals surface area contributed by atoms with Gasteiger partial charge in [-0.1, -0.05) is 0 Å². The third-order valence-corrected chi connectivity index (χ3v) is 3.07. The lowest BCUT2D eigenvalue weighted by atomic mass is 10.2. The highest BCUT2D eigenvalue weighted by atomic mass is 79.9. The zero-order valence-electron chi connectivity index (χ0n) is 10.1. The van der Waals surface area contributed by atoms with E-state index in [0.29, 0.717) is 31.8 Å². The summed E-state index contributed by atoms with van der Waals surface area (Å²) in [5.74, 6) is -0.0273. The van der Waals surface area contributed by atoms with E-state index in [1.165, 1.54) is 0 Å². The van der Waals surface area contributed by atoms with Crippen LogP contribution in [0.1, 0.15) is 10.4 Å². The summed E-state index contributed by atoms with van der Waals surface area (Å²) in [6.07, 6.45) is 3.16. The van der Waals surface area contributed by atoms with Gasteiger partial charge in [-0.15, -0.1) is 24.8 Å². The summed E-state index contributed by atoms with van der Waals surface area (Å²) >= 11 is 3.30. The van der Waals surface area contributed by atoms with Gasteiger partial charge in [0, 0.05) is 36.5 Å². The molecular formula is C11H16BrCl2N3O2. The number of pyridine rings is 1. The van der Waals surface area contributed by atoms with Crippen LogP contribution in [-0.2, 0) is 4.74 Å². The van der Waals surface area contributed by atoms with E-state index in [1.807, 2.05) is 0 Å². The molecule has 19 heavy (non-hydrogen) atoms. The molecular weight excluding hydrogens is 357 g/mol. The first kappa shape index (κ1) is 18.6. The largest absolute Gasteiger partial charge is 0.373 e. The van der Waals surface area contributed by atoms with Crippen LogP contribution >= 0.6 is 40.7 Å². The van der Waals surface area contributed by atoms with Crippen molar-refractivity contribution < 1.29 is 9.53 Å². The van der Waals surface area contributed by atoms with Crippen molar-refractivity contribution in [1.82, 2.24) is 9.88 Å². The topological polar surface area (TPSA) is 68.5 Å². The summed E-state index contributed by atoms with van der Waals surface area (Å²) in [5, 5.41) is 0. The van der Waals surface area contributed by atoms with Gasteiger partial charge in [0.25, 0.3) is 5.91 Å². The van der Waals surface area contributed by atoms with Gasteiger partial charge in [-0.2, -0.15) is 0 Å². The Hall–Kier alpha value is -0.400. The van der Waals surface area contributed by atoms with Crippen molar-refractivity contribution in [3.63, 3.8) is 0 Å². The van der Waals surface area contributed by atoms with Crippen molar-refractivity contribution in [3.05, 3.63) is 28.5 Å². The number of morpholine rings is 1. The van der Waals surface area contributed by atoms with Crippen molar-refractivity contribution in [1.29, 1.82) is 0 Å². The SMILES string of the molecule is Cl.Cl.NCC1CN(C(=O)c2cncc(Br)c2)CCO1. The maximum atomic E-state index is 12.2. The number of rotatable bonds is 2. The predicted molar refractivity (Wildman–Crippen MR) is 81.1 cm³/mol. The Balaban J connectivity index is 0.00000162. The van der Waals surface area contributed by atoms with Gasteiger partial charge in [-0.05, 0) is 22.0 Å². The van der Waals surface area contributed by atoms with Gasteiger partial charge in [0.05, 0.1) is 18.3 Å². The average Bonchev–Trinajstić information content (AvgIpc) is 2.38. The minimum atomic E-state index is -0.0622.